The molecule has 0 amide bonds. The van der Waals surface area contributed by atoms with Gasteiger partial charge in [-0.15, -0.1) is 11.8 Å². The van der Waals surface area contributed by atoms with Gasteiger partial charge >= 0.3 is 0 Å². The fourth-order valence-corrected chi connectivity index (χ4v) is 3.63. The molecule has 0 saturated carbocycles. The van der Waals surface area contributed by atoms with E-state index in [1.165, 1.54) is 10.5 Å². The maximum Gasteiger partial charge on any atom is 0.231 e. The summed E-state index contributed by atoms with van der Waals surface area (Å²) < 4.78 is 10.7. The van der Waals surface area contributed by atoms with Crippen LogP contribution in [0.3, 0.4) is 0 Å². The smallest absolute Gasteiger partial charge is 0.231 e. The molecule has 0 bridgehead atoms. The molecule has 96 valence electrons. The molecule has 1 N–H and O–H groups in total. The Morgan fingerprint density at radius 1 is 1.05 bits per heavy atom. The lowest BCUT2D eigenvalue weighted by molar-refractivity contribution is 0.174. The Hall–Kier alpha value is -1.81. The van der Waals surface area contributed by atoms with Gasteiger partial charge in [0.25, 0.3) is 0 Å². The zero-order chi connectivity index (χ0) is 12.7. The van der Waals surface area contributed by atoms with Gasteiger partial charge in [-0.3, -0.25) is 0 Å². The first-order valence-electron chi connectivity index (χ1n) is 6.28. The number of hydrogen-bond donors (Lipinski definition) is 1. The lowest BCUT2D eigenvalue weighted by Crippen LogP contribution is -2.09. The minimum absolute atomic E-state index is 0.320. The Balaban J connectivity index is 1.60. The van der Waals surface area contributed by atoms with E-state index >= 15 is 0 Å². The van der Waals surface area contributed by atoms with Gasteiger partial charge in [-0.05, 0) is 23.8 Å². The molecule has 1 atom stereocenters. The fourth-order valence-electron chi connectivity index (χ4n) is 2.47. The van der Waals surface area contributed by atoms with Crippen LogP contribution >= 0.6 is 11.8 Å². The number of hydrogen-bond acceptors (Lipinski definition) is 4. The Morgan fingerprint density at radius 2 is 1.95 bits per heavy atom. The average Bonchev–Trinajstić information content (AvgIpc) is 3.06. The molecule has 2 heterocycles. The van der Waals surface area contributed by atoms with Crippen LogP contribution in [0, 0.1) is 0 Å². The maximum atomic E-state index is 5.41. The van der Waals surface area contributed by atoms with E-state index in [0.29, 0.717) is 12.8 Å². The van der Waals surface area contributed by atoms with Gasteiger partial charge in [0, 0.05) is 22.4 Å². The molecule has 2 aliphatic rings. The van der Waals surface area contributed by atoms with Gasteiger partial charge in [-0.25, -0.2) is 0 Å². The summed E-state index contributed by atoms with van der Waals surface area (Å²) >= 11 is 1.90. The van der Waals surface area contributed by atoms with E-state index in [-0.39, 0.29) is 0 Å². The van der Waals surface area contributed by atoms with E-state index in [1.54, 1.807) is 0 Å². The highest BCUT2D eigenvalue weighted by molar-refractivity contribution is 7.99. The number of nitrogens with one attached hydrogen (secondary N) is 1. The minimum Gasteiger partial charge on any atom is -0.454 e. The molecule has 2 aromatic carbocycles. The van der Waals surface area contributed by atoms with Crippen molar-refractivity contribution in [2.75, 3.05) is 17.9 Å². The van der Waals surface area contributed by atoms with Crippen molar-refractivity contribution in [2.45, 2.75) is 10.9 Å². The van der Waals surface area contributed by atoms with Gasteiger partial charge < -0.3 is 14.8 Å². The molecular weight excluding hydrogens is 258 g/mol. The van der Waals surface area contributed by atoms with Crippen LogP contribution in [-0.4, -0.2) is 12.5 Å². The molecule has 19 heavy (non-hydrogen) atoms. The van der Waals surface area contributed by atoms with Gasteiger partial charge in [0.05, 0.1) is 6.04 Å². The molecule has 2 aromatic rings. The standard InChI is InChI=1S/C15H13NO2S/c1-2-4-15-11(3-1)12(8-19-15)16-10-5-6-13-14(7-10)18-9-17-13/h1-7,12,16H,8-9H2. The zero-order valence-electron chi connectivity index (χ0n) is 10.3. The summed E-state index contributed by atoms with van der Waals surface area (Å²) in [6.45, 7) is 0.320. The number of ether oxygens (including phenoxy) is 2. The normalized spacial score (nSPS) is 19.3. The van der Waals surface area contributed by atoms with Crippen LogP contribution < -0.4 is 14.8 Å². The second-order valence-corrected chi connectivity index (χ2v) is 5.68. The summed E-state index contributed by atoms with van der Waals surface area (Å²) in [4.78, 5) is 1.38. The van der Waals surface area contributed by atoms with Crippen molar-refractivity contribution in [1.29, 1.82) is 0 Å². The van der Waals surface area contributed by atoms with Crippen molar-refractivity contribution in [3.63, 3.8) is 0 Å². The second-order valence-electron chi connectivity index (χ2n) is 4.61. The highest BCUT2D eigenvalue weighted by atomic mass is 32.2. The van der Waals surface area contributed by atoms with Crippen LogP contribution in [0.5, 0.6) is 11.5 Å². The number of anilines is 1. The van der Waals surface area contributed by atoms with E-state index in [2.05, 4.69) is 29.6 Å². The van der Waals surface area contributed by atoms with E-state index in [1.807, 2.05) is 30.0 Å². The summed E-state index contributed by atoms with van der Waals surface area (Å²) in [5.74, 6) is 2.71. The van der Waals surface area contributed by atoms with Gasteiger partial charge in [0.1, 0.15) is 0 Å². The Morgan fingerprint density at radius 3 is 2.95 bits per heavy atom. The van der Waals surface area contributed by atoms with Gasteiger partial charge in [-0.2, -0.15) is 0 Å². The predicted molar refractivity (Wildman–Crippen MR) is 76.1 cm³/mol. The summed E-state index contributed by atoms with van der Waals surface area (Å²) in [7, 11) is 0. The molecule has 0 spiro atoms. The second kappa shape index (κ2) is 4.38. The molecule has 0 saturated heterocycles. The Kier molecular flexibility index (Phi) is 2.55. The van der Waals surface area contributed by atoms with E-state index in [9.17, 15) is 0 Å². The van der Waals surface area contributed by atoms with Crippen molar-refractivity contribution in [1.82, 2.24) is 0 Å². The Labute approximate surface area is 115 Å². The molecule has 4 rings (SSSR count). The number of fused-ring (bicyclic) bond motifs is 2. The van der Waals surface area contributed by atoms with Crippen LogP contribution in [0.4, 0.5) is 5.69 Å². The Bertz CT molecular complexity index is 629. The van der Waals surface area contributed by atoms with Crippen molar-refractivity contribution in [3.05, 3.63) is 48.0 Å². The minimum atomic E-state index is 0.320. The number of thioether (sulfide) groups is 1. The van der Waals surface area contributed by atoms with Crippen LogP contribution in [-0.2, 0) is 0 Å². The molecule has 0 radical (unpaired) electrons. The van der Waals surface area contributed by atoms with Crippen LogP contribution in [0.15, 0.2) is 47.4 Å². The molecule has 0 aromatic heterocycles. The van der Waals surface area contributed by atoms with E-state index < -0.39 is 0 Å². The van der Waals surface area contributed by atoms with Gasteiger partial charge in [0.2, 0.25) is 6.79 Å². The predicted octanol–water partition coefficient (Wildman–Crippen LogP) is 3.67. The SMILES string of the molecule is c1ccc2c(c1)SCC2Nc1ccc2c(c1)OCO2. The monoisotopic (exact) mass is 271 g/mol. The molecule has 0 fully saturated rings. The van der Waals surface area contributed by atoms with Crippen molar-refractivity contribution >= 4 is 17.4 Å². The van der Waals surface area contributed by atoms with Gasteiger partial charge in [0.15, 0.2) is 11.5 Å². The average molecular weight is 271 g/mol. The molecule has 2 aliphatic heterocycles. The quantitative estimate of drug-likeness (QED) is 0.902. The zero-order valence-corrected chi connectivity index (χ0v) is 11.1. The fraction of sp³-hybridized carbons (Fsp3) is 0.200. The highest BCUT2D eigenvalue weighted by Gasteiger charge is 2.23. The summed E-state index contributed by atoms with van der Waals surface area (Å²) in [5.41, 5.74) is 2.46. The topological polar surface area (TPSA) is 30.5 Å². The molecule has 0 aliphatic carbocycles. The molecule has 1 unspecified atom stereocenters. The van der Waals surface area contributed by atoms with Crippen molar-refractivity contribution in [3.8, 4) is 11.5 Å². The van der Waals surface area contributed by atoms with Crippen LogP contribution in [0.2, 0.25) is 0 Å². The van der Waals surface area contributed by atoms with Crippen molar-refractivity contribution in [2.24, 2.45) is 0 Å². The molecule has 4 heteroatoms. The first-order chi connectivity index (χ1) is 9.40. The van der Waals surface area contributed by atoms with Gasteiger partial charge in [-0.1, -0.05) is 18.2 Å². The molecule has 3 nitrogen and oxygen atoms in total. The van der Waals surface area contributed by atoms with Crippen molar-refractivity contribution < 1.29 is 9.47 Å². The number of benzene rings is 2. The third-order valence-corrected chi connectivity index (χ3v) is 4.60. The third kappa shape index (κ3) is 1.92. The lowest BCUT2D eigenvalue weighted by Gasteiger charge is -2.15. The van der Waals surface area contributed by atoms with E-state index in [0.717, 1.165) is 22.9 Å². The summed E-state index contributed by atoms with van der Waals surface area (Å²) in [5, 5.41) is 3.57. The largest absolute Gasteiger partial charge is 0.454 e. The first kappa shape index (κ1) is 11.1. The van der Waals surface area contributed by atoms with E-state index in [4.69, 9.17) is 9.47 Å². The maximum absolute atomic E-state index is 5.41. The lowest BCUT2D eigenvalue weighted by atomic mass is 10.1. The molecular formula is C15H13NO2S. The highest BCUT2D eigenvalue weighted by Crippen LogP contribution is 2.41. The summed E-state index contributed by atoms with van der Waals surface area (Å²) in [6.07, 6.45) is 0. The summed E-state index contributed by atoms with van der Waals surface area (Å²) in [6, 6.07) is 14.9. The third-order valence-electron chi connectivity index (χ3n) is 3.41. The number of rotatable bonds is 2. The van der Waals surface area contributed by atoms with Crippen LogP contribution in [0.1, 0.15) is 11.6 Å². The first-order valence-corrected chi connectivity index (χ1v) is 7.26. The van der Waals surface area contributed by atoms with Crippen LogP contribution in [0.25, 0.3) is 0 Å².